The maximum absolute atomic E-state index is 10.0. The minimum atomic E-state index is -0.467. The van der Waals surface area contributed by atoms with Gasteiger partial charge in [0.2, 0.25) is 0 Å². The van der Waals surface area contributed by atoms with Crippen molar-refractivity contribution in [2.75, 3.05) is 19.8 Å². The van der Waals surface area contributed by atoms with E-state index < -0.39 is 5.54 Å². The van der Waals surface area contributed by atoms with E-state index in [9.17, 15) is 5.11 Å². The molecule has 4 rings (SSSR count). The average molecular weight is 325 g/mol. The summed E-state index contributed by atoms with van der Waals surface area (Å²) in [6.07, 6.45) is -0.405. The lowest BCUT2D eigenvalue weighted by molar-refractivity contribution is -0.0630. The number of aliphatic hydroxyl groups is 1. The zero-order valence-electron chi connectivity index (χ0n) is 14.1. The second-order valence-electron chi connectivity index (χ2n) is 6.94. The Kier molecular flexibility index (Phi) is 3.93. The standard InChI is InChI=1S/C20H23NO3/c1-14-3-7-16(8-4-14)18-21-19(17-9-5-15(2)6-10-17)24-13-20(21,11-22)12-23-18/h3-10,18-19,22H,11-13H2,1-2H3/t18-,19-/m0/s1. The van der Waals surface area contributed by atoms with Gasteiger partial charge in [-0.2, -0.15) is 0 Å². The predicted molar refractivity (Wildman–Crippen MR) is 91.4 cm³/mol. The number of hydrogen-bond donors (Lipinski definition) is 1. The highest BCUT2D eigenvalue weighted by Crippen LogP contribution is 2.48. The highest BCUT2D eigenvalue weighted by molar-refractivity contribution is 5.28. The molecule has 2 heterocycles. The number of benzene rings is 2. The molecule has 2 atom stereocenters. The number of nitrogens with zero attached hydrogens (tertiary/aromatic N) is 1. The summed E-state index contributed by atoms with van der Waals surface area (Å²) in [5, 5.41) is 10.0. The monoisotopic (exact) mass is 325 g/mol. The first-order chi connectivity index (χ1) is 11.6. The van der Waals surface area contributed by atoms with Crippen molar-refractivity contribution in [2.24, 2.45) is 0 Å². The number of rotatable bonds is 3. The summed E-state index contributed by atoms with van der Waals surface area (Å²) < 4.78 is 12.2. The van der Waals surface area contributed by atoms with Gasteiger partial charge in [-0.15, -0.1) is 0 Å². The Hall–Kier alpha value is -1.72. The largest absolute Gasteiger partial charge is 0.394 e. The van der Waals surface area contributed by atoms with Crippen LogP contribution in [0.5, 0.6) is 0 Å². The van der Waals surface area contributed by atoms with Crippen LogP contribution >= 0.6 is 0 Å². The van der Waals surface area contributed by atoms with Crippen LogP contribution in [0.3, 0.4) is 0 Å². The van der Waals surface area contributed by atoms with Gasteiger partial charge >= 0.3 is 0 Å². The molecule has 0 amide bonds. The molecule has 0 aromatic heterocycles. The second-order valence-corrected chi connectivity index (χ2v) is 6.94. The Morgan fingerprint density at radius 1 is 0.875 bits per heavy atom. The van der Waals surface area contributed by atoms with Gasteiger partial charge in [0, 0.05) is 0 Å². The molecule has 126 valence electrons. The summed E-state index contributed by atoms with van der Waals surface area (Å²) in [5.74, 6) is 0. The fraction of sp³-hybridized carbons (Fsp3) is 0.400. The van der Waals surface area contributed by atoms with Gasteiger partial charge in [-0.05, 0) is 25.0 Å². The van der Waals surface area contributed by atoms with E-state index in [2.05, 4.69) is 67.3 Å². The smallest absolute Gasteiger partial charge is 0.139 e. The molecular formula is C20H23NO3. The van der Waals surface area contributed by atoms with Crippen molar-refractivity contribution in [3.63, 3.8) is 0 Å². The molecule has 1 N–H and O–H groups in total. The van der Waals surface area contributed by atoms with Gasteiger partial charge in [-0.3, -0.25) is 0 Å². The molecule has 2 aromatic rings. The van der Waals surface area contributed by atoms with Crippen molar-refractivity contribution < 1.29 is 14.6 Å². The third-order valence-corrected chi connectivity index (χ3v) is 5.09. The molecule has 4 nitrogen and oxygen atoms in total. The van der Waals surface area contributed by atoms with Crippen LogP contribution in [0.2, 0.25) is 0 Å². The Labute approximate surface area is 142 Å². The van der Waals surface area contributed by atoms with Crippen LogP contribution in [0.25, 0.3) is 0 Å². The molecule has 2 aliphatic heterocycles. The normalized spacial score (nSPS) is 25.8. The van der Waals surface area contributed by atoms with Gasteiger partial charge in [0.15, 0.2) is 0 Å². The quantitative estimate of drug-likeness (QED) is 0.942. The van der Waals surface area contributed by atoms with Crippen molar-refractivity contribution >= 4 is 0 Å². The van der Waals surface area contributed by atoms with Crippen LogP contribution in [0, 0.1) is 13.8 Å². The zero-order valence-corrected chi connectivity index (χ0v) is 14.1. The first kappa shape index (κ1) is 15.8. The fourth-order valence-corrected chi connectivity index (χ4v) is 3.59. The van der Waals surface area contributed by atoms with Crippen LogP contribution in [-0.2, 0) is 9.47 Å². The lowest BCUT2D eigenvalue weighted by Crippen LogP contribution is -2.47. The summed E-state index contributed by atoms with van der Waals surface area (Å²) in [6.45, 7) is 5.13. The summed E-state index contributed by atoms with van der Waals surface area (Å²) in [7, 11) is 0. The predicted octanol–water partition coefficient (Wildman–Crippen LogP) is 3.09. The first-order valence-corrected chi connectivity index (χ1v) is 8.39. The van der Waals surface area contributed by atoms with E-state index in [0.29, 0.717) is 13.2 Å². The summed E-state index contributed by atoms with van der Waals surface area (Å²) in [6, 6.07) is 16.8. The van der Waals surface area contributed by atoms with Crippen molar-refractivity contribution in [2.45, 2.75) is 31.8 Å². The van der Waals surface area contributed by atoms with Crippen molar-refractivity contribution in [3.05, 3.63) is 70.8 Å². The van der Waals surface area contributed by atoms with Crippen LogP contribution in [-0.4, -0.2) is 35.4 Å². The highest BCUT2D eigenvalue weighted by Gasteiger charge is 2.56. The van der Waals surface area contributed by atoms with Crippen LogP contribution in [0.15, 0.2) is 48.5 Å². The van der Waals surface area contributed by atoms with Gasteiger partial charge in [-0.25, -0.2) is 4.90 Å². The molecule has 0 radical (unpaired) electrons. The number of fused-ring (bicyclic) bond motifs is 1. The third-order valence-electron chi connectivity index (χ3n) is 5.09. The molecule has 0 saturated carbocycles. The Balaban J connectivity index is 1.72. The lowest BCUT2D eigenvalue weighted by Gasteiger charge is -2.33. The summed E-state index contributed by atoms with van der Waals surface area (Å²) in [4.78, 5) is 2.20. The van der Waals surface area contributed by atoms with E-state index >= 15 is 0 Å². The van der Waals surface area contributed by atoms with Gasteiger partial charge in [0.1, 0.15) is 12.5 Å². The van der Waals surface area contributed by atoms with Crippen molar-refractivity contribution in [3.8, 4) is 0 Å². The van der Waals surface area contributed by atoms with E-state index in [4.69, 9.17) is 9.47 Å². The number of hydrogen-bond acceptors (Lipinski definition) is 4. The number of aliphatic hydroxyl groups excluding tert-OH is 1. The highest BCUT2D eigenvalue weighted by atomic mass is 16.6. The Bertz CT molecular complexity index is 653. The summed E-state index contributed by atoms with van der Waals surface area (Å²) in [5.41, 5.74) is 4.17. The maximum Gasteiger partial charge on any atom is 0.139 e. The van der Waals surface area contributed by atoms with Crippen LogP contribution in [0.1, 0.15) is 34.7 Å². The van der Waals surface area contributed by atoms with E-state index in [1.54, 1.807) is 0 Å². The molecular weight excluding hydrogens is 302 g/mol. The molecule has 24 heavy (non-hydrogen) atoms. The van der Waals surface area contributed by atoms with E-state index in [0.717, 1.165) is 11.1 Å². The number of ether oxygens (including phenoxy) is 2. The van der Waals surface area contributed by atoms with Gasteiger partial charge in [-0.1, -0.05) is 59.7 Å². The maximum atomic E-state index is 10.0. The second kappa shape index (κ2) is 5.97. The van der Waals surface area contributed by atoms with E-state index in [1.807, 2.05) is 0 Å². The molecule has 0 bridgehead atoms. The van der Waals surface area contributed by atoms with Crippen molar-refractivity contribution in [1.29, 1.82) is 0 Å². The fourth-order valence-electron chi connectivity index (χ4n) is 3.59. The lowest BCUT2D eigenvalue weighted by atomic mass is 10.0. The van der Waals surface area contributed by atoms with Crippen LogP contribution < -0.4 is 0 Å². The molecule has 2 aromatic carbocycles. The topological polar surface area (TPSA) is 41.9 Å². The molecule has 2 fully saturated rings. The molecule has 0 unspecified atom stereocenters. The summed E-state index contributed by atoms with van der Waals surface area (Å²) >= 11 is 0. The van der Waals surface area contributed by atoms with Gasteiger partial charge in [0.05, 0.1) is 25.4 Å². The minimum absolute atomic E-state index is 0.0255. The first-order valence-electron chi connectivity index (χ1n) is 8.39. The molecule has 2 aliphatic rings. The van der Waals surface area contributed by atoms with E-state index in [-0.39, 0.29) is 19.1 Å². The molecule has 4 heteroatoms. The SMILES string of the molecule is Cc1ccc([C@@H]2OCC3(CO)CO[C@@H](c4ccc(C)cc4)N23)cc1. The molecule has 0 spiro atoms. The zero-order chi connectivity index (χ0) is 16.7. The Morgan fingerprint density at radius 3 is 1.67 bits per heavy atom. The number of aryl methyl sites for hydroxylation is 2. The average Bonchev–Trinajstić information content (AvgIpc) is 3.14. The molecule has 2 saturated heterocycles. The van der Waals surface area contributed by atoms with Gasteiger partial charge in [0.25, 0.3) is 0 Å². The Morgan fingerprint density at radius 2 is 1.29 bits per heavy atom. The van der Waals surface area contributed by atoms with Crippen LogP contribution in [0.4, 0.5) is 0 Å². The van der Waals surface area contributed by atoms with Crippen molar-refractivity contribution in [1.82, 2.24) is 4.90 Å². The van der Waals surface area contributed by atoms with E-state index in [1.165, 1.54) is 11.1 Å². The minimum Gasteiger partial charge on any atom is -0.394 e. The molecule has 0 aliphatic carbocycles. The third kappa shape index (κ3) is 2.47. The van der Waals surface area contributed by atoms with Gasteiger partial charge < -0.3 is 14.6 Å².